The highest BCUT2D eigenvalue weighted by Gasteiger charge is 2.25. The maximum Gasteiger partial charge on any atom is 0.261 e. The van der Waals surface area contributed by atoms with E-state index in [4.69, 9.17) is 0 Å². The van der Waals surface area contributed by atoms with Crippen molar-refractivity contribution in [2.45, 2.75) is 18.9 Å². The van der Waals surface area contributed by atoms with Gasteiger partial charge in [-0.25, -0.2) is 0 Å². The largest absolute Gasteiger partial charge is 0.348 e. The number of hydrogen-bond donors (Lipinski definition) is 1. The van der Waals surface area contributed by atoms with Crippen LogP contribution in [0.5, 0.6) is 0 Å². The summed E-state index contributed by atoms with van der Waals surface area (Å²) in [5.41, 5.74) is 0.754. The van der Waals surface area contributed by atoms with Crippen LogP contribution in [0.4, 0.5) is 0 Å². The fourth-order valence-corrected chi connectivity index (χ4v) is 4.10. The van der Waals surface area contributed by atoms with Gasteiger partial charge in [0.1, 0.15) is 0 Å². The molecule has 1 saturated heterocycles. The van der Waals surface area contributed by atoms with Crippen molar-refractivity contribution in [3.8, 4) is 0 Å². The highest BCUT2D eigenvalue weighted by Crippen LogP contribution is 2.22. The first-order valence-corrected chi connectivity index (χ1v) is 9.72. The Morgan fingerprint density at radius 1 is 0.962 bits per heavy atom. The van der Waals surface area contributed by atoms with E-state index in [9.17, 15) is 9.59 Å². The summed E-state index contributed by atoms with van der Waals surface area (Å²) in [5, 5.41) is 7.06. The van der Waals surface area contributed by atoms with Crippen LogP contribution in [0.3, 0.4) is 0 Å². The van der Waals surface area contributed by atoms with Gasteiger partial charge in [-0.1, -0.05) is 42.5 Å². The molecule has 132 valence electrons. The Hall–Kier alpha value is -2.66. The molecule has 0 saturated carbocycles. The third kappa shape index (κ3) is 3.35. The van der Waals surface area contributed by atoms with Crippen molar-refractivity contribution in [2.24, 2.45) is 0 Å². The predicted octanol–water partition coefficient (Wildman–Crippen LogP) is 3.94. The zero-order chi connectivity index (χ0) is 17.9. The number of carbonyl (C=O) groups is 2. The van der Waals surface area contributed by atoms with Gasteiger partial charge in [0.15, 0.2) is 0 Å². The molecular weight excluding hydrogens is 344 g/mol. The van der Waals surface area contributed by atoms with E-state index in [1.54, 1.807) is 0 Å². The number of amides is 2. The molecule has 2 heterocycles. The zero-order valence-corrected chi connectivity index (χ0v) is 15.2. The van der Waals surface area contributed by atoms with Crippen LogP contribution in [-0.2, 0) is 0 Å². The van der Waals surface area contributed by atoms with Gasteiger partial charge in [-0.05, 0) is 41.1 Å². The zero-order valence-electron chi connectivity index (χ0n) is 14.4. The smallest absolute Gasteiger partial charge is 0.261 e. The summed E-state index contributed by atoms with van der Waals surface area (Å²) in [6, 6.07) is 17.7. The Morgan fingerprint density at radius 2 is 1.73 bits per heavy atom. The molecule has 2 aromatic carbocycles. The van der Waals surface area contributed by atoms with E-state index in [0.717, 1.165) is 34.1 Å². The van der Waals surface area contributed by atoms with Crippen LogP contribution in [0.25, 0.3) is 10.8 Å². The van der Waals surface area contributed by atoms with Crippen LogP contribution < -0.4 is 5.32 Å². The number of likely N-dealkylation sites (tertiary alicyclic amines) is 1. The van der Waals surface area contributed by atoms with Gasteiger partial charge in [0.05, 0.1) is 4.88 Å². The van der Waals surface area contributed by atoms with Crippen molar-refractivity contribution in [1.29, 1.82) is 0 Å². The Morgan fingerprint density at radius 3 is 2.50 bits per heavy atom. The molecule has 1 N–H and O–H groups in total. The molecule has 1 fully saturated rings. The lowest BCUT2D eigenvalue weighted by molar-refractivity contribution is 0.0700. The first-order valence-electron chi connectivity index (χ1n) is 8.84. The molecule has 26 heavy (non-hydrogen) atoms. The molecule has 4 nitrogen and oxygen atoms in total. The van der Waals surface area contributed by atoms with Gasteiger partial charge in [0, 0.05) is 24.7 Å². The van der Waals surface area contributed by atoms with Gasteiger partial charge in [-0.15, -0.1) is 11.3 Å². The standard InChI is InChI=1S/C21H20N2O2S/c24-20(19-9-4-14-26-19)22-16-10-12-23(13-11-16)21(25)18-8-3-6-15-5-1-2-7-17(15)18/h1-9,14,16H,10-13H2,(H,22,24). The SMILES string of the molecule is O=C(NC1CCN(C(=O)c2cccc3ccccc23)CC1)c1cccs1. The molecule has 0 aliphatic carbocycles. The first kappa shape index (κ1) is 16.8. The molecule has 1 aromatic heterocycles. The molecule has 5 heteroatoms. The fourth-order valence-electron chi connectivity index (χ4n) is 3.47. The van der Waals surface area contributed by atoms with Crippen LogP contribution >= 0.6 is 11.3 Å². The minimum Gasteiger partial charge on any atom is -0.348 e. The topological polar surface area (TPSA) is 49.4 Å². The maximum absolute atomic E-state index is 13.0. The van der Waals surface area contributed by atoms with Gasteiger partial charge in [0.2, 0.25) is 0 Å². The van der Waals surface area contributed by atoms with E-state index in [0.29, 0.717) is 13.1 Å². The molecule has 0 radical (unpaired) electrons. The summed E-state index contributed by atoms with van der Waals surface area (Å²) in [7, 11) is 0. The van der Waals surface area contributed by atoms with Crippen LogP contribution in [0.1, 0.15) is 32.9 Å². The Bertz CT molecular complexity index is 923. The molecule has 1 aliphatic heterocycles. The van der Waals surface area contributed by atoms with Crippen molar-refractivity contribution in [1.82, 2.24) is 10.2 Å². The Labute approximate surface area is 156 Å². The minimum atomic E-state index is -0.0150. The number of benzene rings is 2. The second kappa shape index (κ2) is 7.30. The van der Waals surface area contributed by atoms with Crippen LogP contribution in [0, 0.1) is 0 Å². The average molecular weight is 364 g/mol. The number of fused-ring (bicyclic) bond motifs is 1. The number of nitrogens with zero attached hydrogens (tertiary/aromatic N) is 1. The third-order valence-corrected chi connectivity index (χ3v) is 5.75. The number of nitrogens with one attached hydrogen (secondary N) is 1. The lowest BCUT2D eigenvalue weighted by Gasteiger charge is -2.32. The van der Waals surface area contributed by atoms with E-state index in [2.05, 4.69) is 5.32 Å². The van der Waals surface area contributed by atoms with Gasteiger partial charge >= 0.3 is 0 Å². The highest BCUT2D eigenvalue weighted by atomic mass is 32.1. The van der Waals surface area contributed by atoms with E-state index < -0.39 is 0 Å². The maximum atomic E-state index is 13.0. The van der Waals surface area contributed by atoms with Crippen molar-refractivity contribution >= 4 is 33.9 Å². The average Bonchev–Trinajstić information content (AvgIpc) is 3.23. The van der Waals surface area contributed by atoms with Crippen LogP contribution in [0.2, 0.25) is 0 Å². The number of rotatable bonds is 3. The van der Waals surface area contributed by atoms with Gasteiger partial charge in [0.25, 0.3) is 11.8 Å². The fraction of sp³-hybridized carbons (Fsp3) is 0.238. The third-order valence-electron chi connectivity index (χ3n) is 4.88. The Kier molecular flexibility index (Phi) is 4.71. The number of hydrogen-bond acceptors (Lipinski definition) is 3. The number of thiophene rings is 1. The normalized spacial score (nSPS) is 15.2. The number of carbonyl (C=O) groups excluding carboxylic acids is 2. The molecular formula is C21H20N2O2S. The minimum absolute atomic E-state index is 0.0150. The van der Waals surface area contributed by atoms with Gasteiger partial charge in [-0.3, -0.25) is 9.59 Å². The van der Waals surface area contributed by atoms with Gasteiger partial charge in [-0.2, -0.15) is 0 Å². The van der Waals surface area contributed by atoms with Crippen molar-refractivity contribution in [2.75, 3.05) is 13.1 Å². The molecule has 3 aromatic rings. The second-order valence-corrected chi connectivity index (χ2v) is 7.49. The van der Waals surface area contributed by atoms with Crippen molar-refractivity contribution in [3.63, 3.8) is 0 Å². The van der Waals surface area contributed by atoms with E-state index >= 15 is 0 Å². The summed E-state index contributed by atoms with van der Waals surface area (Å²) >= 11 is 1.45. The molecule has 0 bridgehead atoms. The summed E-state index contributed by atoms with van der Waals surface area (Å²) in [4.78, 5) is 27.8. The number of piperidine rings is 1. The summed E-state index contributed by atoms with van der Waals surface area (Å²) < 4.78 is 0. The summed E-state index contributed by atoms with van der Waals surface area (Å²) in [6.07, 6.45) is 1.57. The lowest BCUT2D eigenvalue weighted by atomic mass is 10.0. The van der Waals surface area contributed by atoms with Crippen molar-refractivity contribution in [3.05, 3.63) is 70.4 Å². The summed E-state index contributed by atoms with van der Waals surface area (Å²) in [6.45, 7) is 1.33. The van der Waals surface area contributed by atoms with Gasteiger partial charge < -0.3 is 10.2 Å². The lowest BCUT2D eigenvalue weighted by Crippen LogP contribution is -2.46. The predicted molar refractivity (Wildman–Crippen MR) is 105 cm³/mol. The molecule has 2 amide bonds. The molecule has 0 unspecified atom stereocenters. The van der Waals surface area contributed by atoms with Crippen molar-refractivity contribution < 1.29 is 9.59 Å². The second-order valence-electron chi connectivity index (χ2n) is 6.54. The van der Waals surface area contributed by atoms with E-state index in [-0.39, 0.29) is 17.9 Å². The van der Waals surface area contributed by atoms with Crippen LogP contribution in [0.15, 0.2) is 60.0 Å². The quantitative estimate of drug-likeness (QED) is 0.765. The first-order chi connectivity index (χ1) is 12.7. The monoisotopic (exact) mass is 364 g/mol. The Balaban J connectivity index is 1.41. The van der Waals surface area contributed by atoms with E-state index in [1.807, 2.05) is 64.9 Å². The highest BCUT2D eigenvalue weighted by molar-refractivity contribution is 7.12. The summed E-state index contributed by atoms with van der Waals surface area (Å²) in [5.74, 6) is 0.0589. The molecule has 1 aliphatic rings. The molecule has 4 rings (SSSR count). The van der Waals surface area contributed by atoms with E-state index in [1.165, 1.54) is 11.3 Å². The molecule has 0 atom stereocenters. The van der Waals surface area contributed by atoms with Crippen LogP contribution in [-0.4, -0.2) is 35.8 Å². The molecule has 0 spiro atoms.